The van der Waals surface area contributed by atoms with Crippen LogP contribution in [0.15, 0.2) is 30.4 Å². The van der Waals surface area contributed by atoms with E-state index in [9.17, 15) is 32.7 Å². The number of pyridine rings is 1. The Kier molecular flexibility index (Phi) is 11.1. The van der Waals surface area contributed by atoms with Gasteiger partial charge in [-0.1, -0.05) is 25.0 Å². The number of fused-ring (bicyclic) bond motifs is 3. The first-order valence-electron chi connectivity index (χ1n) is 20.3. The van der Waals surface area contributed by atoms with Gasteiger partial charge in [-0.25, -0.2) is 18.2 Å². The molecule has 1 aromatic heterocycles. The lowest BCUT2D eigenvalue weighted by Gasteiger charge is -2.44. The van der Waals surface area contributed by atoms with Crippen molar-refractivity contribution in [2.24, 2.45) is 5.92 Å². The van der Waals surface area contributed by atoms with Gasteiger partial charge in [0.15, 0.2) is 0 Å². The van der Waals surface area contributed by atoms with Crippen LogP contribution in [0.25, 0.3) is 10.9 Å². The van der Waals surface area contributed by atoms with Crippen molar-refractivity contribution in [2.75, 3.05) is 26.7 Å². The number of hydrogen-bond donors (Lipinski definition) is 4. The lowest BCUT2D eigenvalue weighted by atomic mass is 9.97. The quantitative estimate of drug-likeness (QED) is 0.270. The first-order valence-corrected chi connectivity index (χ1v) is 21.8. The number of sulfonamides is 1. The summed E-state index contributed by atoms with van der Waals surface area (Å²) in [4.78, 5) is 64.2. The standard InChI is InChI=1S/C41H56N6O10S/c1-24(2)56-33-19-32(28-14-15-31(55-6)25(3)34(28)43-33)57-27-18-30-35(48)44-41(37(50)45-58(53,54)40(5)16-17-40)20-26(41)12-10-8-7-9-11-13-29(36(49)47(30)21-27)42-38(51)46-22-39(4,52)23-46/h10,12,14-15,19,24,26-27,29-30,52H,7-9,11,13,16-18,20-23H2,1-6H3,(H,42,51)(H,44,48)(H,45,50)/t26-,27-,29+,30+,41-/m1/s1. The SMILES string of the molecule is COc1ccc2c(O[C@@H]3C[C@H]4C(=O)N[C@]5(C(=O)NS(=O)(=O)C6(C)CC6)C[C@H]5C=CCCCCC[C@H](NC(=O)N5CC(C)(O)C5)C(=O)N4C3)cc(OC(C)C)nc2c1C. The Morgan fingerprint density at radius 3 is 2.50 bits per heavy atom. The summed E-state index contributed by atoms with van der Waals surface area (Å²) in [5.74, 6) is -1.02. The van der Waals surface area contributed by atoms with Crippen LogP contribution in [0.4, 0.5) is 4.79 Å². The van der Waals surface area contributed by atoms with Gasteiger partial charge in [-0.05, 0) is 85.3 Å². The number of β-amino-alcohol motifs (C(OH)–C–C–N with tert-alkyl or cyclic N) is 1. The topological polar surface area (TPSA) is 206 Å². The number of hydrogen-bond acceptors (Lipinski definition) is 11. The van der Waals surface area contributed by atoms with E-state index < -0.39 is 73.8 Å². The highest BCUT2D eigenvalue weighted by molar-refractivity contribution is 7.91. The number of aromatic nitrogens is 1. The summed E-state index contributed by atoms with van der Waals surface area (Å²) in [5, 5.41) is 16.7. The fourth-order valence-electron chi connectivity index (χ4n) is 8.26. The number of benzene rings is 1. The Morgan fingerprint density at radius 2 is 1.83 bits per heavy atom. The van der Waals surface area contributed by atoms with Gasteiger partial charge in [0, 0.05) is 29.4 Å². The van der Waals surface area contributed by atoms with Gasteiger partial charge in [0.2, 0.25) is 27.7 Å². The molecule has 2 saturated carbocycles. The van der Waals surface area contributed by atoms with Crippen LogP contribution < -0.4 is 29.6 Å². The number of carbonyl (C=O) groups excluding carboxylic acids is 4. The molecule has 0 unspecified atom stereocenters. The molecule has 17 heteroatoms. The molecule has 0 bridgehead atoms. The van der Waals surface area contributed by atoms with Crippen LogP contribution in [0.2, 0.25) is 0 Å². The van der Waals surface area contributed by atoms with Crippen LogP contribution in [0.3, 0.4) is 0 Å². The Morgan fingerprint density at radius 1 is 1.09 bits per heavy atom. The van der Waals surface area contributed by atoms with E-state index in [0.717, 1.165) is 18.4 Å². The Balaban J connectivity index is 1.22. The second-order valence-electron chi connectivity index (χ2n) is 17.5. The Bertz CT molecular complexity index is 2110. The highest BCUT2D eigenvalue weighted by atomic mass is 32.2. The summed E-state index contributed by atoms with van der Waals surface area (Å²) in [6, 6.07) is 2.69. The molecule has 7 rings (SSSR count). The lowest BCUT2D eigenvalue weighted by Crippen LogP contribution is -2.65. The van der Waals surface area contributed by atoms with E-state index in [1.807, 2.05) is 45.1 Å². The molecule has 58 heavy (non-hydrogen) atoms. The van der Waals surface area contributed by atoms with Gasteiger partial charge in [-0.2, -0.15) is 0 Å². The molecule has 1 aromatic carbocycles. The minimum absolute atomic E-state index is 0.0289. The number of rotatable bonds is 9. The summed E-state index contributed by atoms with van der Waals surface area (Å²) >= 11 is 0. The number of ether oxygens (including phenoxy) is 3. The number of allylic oxidation sites excluding steroid dienone is 1. The number of amides is 5. The summed E-state index contributed by atoms with van der Waals surface area (Å²) in [5.41, 5.74) is -1.19. The summed E-state index contributed by atoms with van der Waals surface area (Å²) in [6.45, 7) is 9.06. The first kappa shape index (κ1) is 41.5. The number of likely N-dealkylation sites (tertiary alicyclic amines) is 1. The molecule has 0 radical (unpaired) electrons. The summed E-state index contributed by atoms with van der Waals surface area (Å²) in [6.07, 6.45) is 7.10. The van der Waals surface area contributed by atoms with Crippen molar-refractivity contribution in [2.45, 2.75) is 133 Å². The van der Waals surface area contributed by atoms with Gasteiger partial charge >= 0.3 is 6.03 Å². The molecule has 4 heterocycles. The highest BCUT2D eigenvalue weighted by Crippen LogP contribution is 2.48. The van der Waals surface area contributed by atoms with E-state index in [2.05, 4.69) is 15.4 Å². The maximum absolute atomic E-state index is 14.7. The number of aryl methyl sites for hydroxylation is 1. The zero-order valence-corrected chi connectivity index (χ0v) is 34.9. The van der Waals surface area contributed by atoms with Gasteiger partial charge in [0.25, 0.3) is 5.91 Å². The van der Waals surface area contributed by atoms with Crippen molar-refractivity contribution < 1.29 is 46.9 Å². The molecule has 316 valence electrons. The number of nitrogens with one attached hydrogen (secondary N) is 3. The van der Waals surface area contributed by atoms with Crippen molar-refractivity contribution in [3.05, 3.63) is 35.9 Å². The minimum atomic E-state index is -4.01. The van der Waals surface area contributed by atoms with Crippen LogP contribution in [-0.4, -0.2) is 119 Å². The largest absolute Gasteiger partial charge is 0.496 e. The predicted octanol–water partition coefficient (Wildman–Crippen LogP) is 3.23. The molecule has 4 fully saturated rings. The van der Waals surface area contributed by atoms with Gasteiger partial charge in [-0.15, -0.1) is 0 Å². The van der Waals surface area contributed by atoms with Crippen molar-refractivity contribution in [1.29, 1.82) is 0 Å². The number of methoxy groups -OCH3 is 1. The van der Waals surface area contributed by atoms with Gasteiger partial charge in [0.1, 0.15) is 35.2 Å². The highest BCUT2D eigenvalue weighted by Gasteiger charge is 2.63. The maximum Gasteiger partial charge on any atom is 0.318 e. The molecule has 5 amide bonds. The van der Waals surface area contributed by atoms with E-state index in [4.69, 9.17) is 19.2 Å². The van der Waals surface area contributed by atoms with Crippen molar-refractivity contribution in [1.82, 2.24) is 30.1 Å². The maximum atomic E-state index is 14.7. The summed E-state index contributed by atoms with van der Waals surface area (Å²) in [7, 11) is -2.44. The fourth-order valence-corrected chi connectivity index (χ4v) is 9.58. The monoisotopic (exact) mass is 824 g/mol. The second-order valence-corrected chi connectivity index (χ2v) is 19.7. The van der Waals surface area contributed by atoms with Crippen molar-refractivity contribution in [3.8, 4) is 17.4 Å². The zero-order valence-electron chi connectivity index (χ0n) is 34.1. The van der Waals surface area contributed by atoms with Crippen LogP contribution >= 0.6 is 0 Å². The predicted molar refractivity (Wildman–Crippen MR) is 214 cm³/mol. The molecular weight excluding hydrogens is 769 g/mol. The van der Waals surface area contributed by atoms with E-state index in [-0.39, 0.29) is 38.6 Å². The van der Waals surface area contributed by atoms with Crippen LogP contribution in [0.1, 0.15) is 91.0 Å². The molecule has 2 aliphatic carbocycles. The van der Waals surface area contributed by atoms with E-state index in [1.165, 1.54) is 9.80 Å². The van der Waals surface area contributed by atoms with Crippen LogP contribution in [-0.2, 0) is 24.4 Å². The van der Waals surface area contributed by atoms with Crippen molar-refractivity contribution in [3.63, 3.8) is 0 Å². The third-order valence-electron chi connectivity index (χ3n) is 12.1. The smallest absolute Gasteiger partial charge is 0.318 e. The molecule has 2 aromatic rings. The van der Waals surface area contributed by atoms with Gasteiger partial charge in [-0.3, -0.25) is 19.1 Å². The molecule has 4 N–H and O–H groups in total. The average Bonchev–Trinajstić information content (AvgIpc) is 4.02. The van der Waals surface area contributed by atoms with Crippen molar-refractivity contribution >= 4 is 44.7 Å². The molecule has 0 spiro atoms. The Hall–Kier alpha value is -4.64. The van der Waals surface area contributed by atoms with Crippen LogP contribution in [0, 0.1) is 12.8 Å². The number of aliphatic hydroxyl groups is 1. The second kappa shape index (κ2) is 15.5. The molecular formula is C41H56N6O10S. The molecule has 2 saturated heterocycles. The third-order valence-corrected chi connectivity index (χ3v) is 14.3. The minimum Gasteiger partial charge on any atom is -0.496 e. The van der Waals surface area contributed by atoms with E-state index in [0.29, 0.717) is 60.4 Å². The molecule has 5 aliphatic rings. The zero-order chi connectivity index (χ0) is 41.8. The number of urea groups is 1. The van der Waals surface area contributed by atoms with Gasteiger partial charge in [0.05, 0.1) is 48.7 Å². The van der Waals surface area contributed by atoms with E-state index >= 15 is 0 Å². The molecule has 16 nitrogen and oxygen atoms in total. The summed E-state index contributed by atoms with van der Waals surface area (Å²) < 4.78 is 45.9. The average molecular weight is 825 g/mol. The molecule has 3 aliphatic heterocycles. The fraction of sp³-hybridized carbons (Fsp3) is 0.634. The van der Waals surface area contributed by atoms with Crippen LogP contribution in [0.5, 0.6) is 17.4 Å². The number of carbonyl (C=O) groups is 4. The molecule has 5 atom stereocenters. The lowest BCUT2D eigenvalue weighted by molar-refractivity contribution is -0.141. The third kappa shape index (κ3) is 8.29. The normalized spacial score (nSPS) is 27.9. The van der Waals surface area contributed by atoms with E-state index in [1.54, 1.807) is 27.0 Å². The number of nitrogens with zero attached hydrogens (tertiary/aromatic N) is 3. The van der Waals surface area contributed by atoms with Gasteiger partial charge < -0.3 is 39.8 Å². The first-order chi connectivity index (χ1) is 27.3. The Labute approximate surface area is 339 Å².